The smallest absolute Gasteiger partial charge is 0.165 e. The fourth-order valence-electron chi connectivity index (χ4n) is 2.70. The summed E-state index contributed by atoms with van der Waals surface area (Å²) in [5.74, 6) is 2.81. The van der Waals surface area contributed by atoms with Crippen LogP contribution in [0.1, 0.15) is 24.7 Å². The molecule has 1 fully saturated rings. The minimum absolute atomic E-state index is 0.400. The predicted molar refractivity (Wildman–Crippen MR) is 66.7 cm³/mol. The minimum Gasteiger partial charge on any atom is -0.308 e. The van der Waals surface area contributed by atoms with Crippen LogP contribution < -0.4 is 5.32 Å². The van der Waals surface area contributed by atoms with Crippen molar-refractivity contribution in [2.75, 3.05) is 6.54 Å². The van der Waals surface area contributed by atoms with E-state index in [1.54, 1.807) is 6.20 Å². The number of hydrogen-bond donors (Lipinski definition) is 1. The molecule has 0 saturated heterocycles. The average molecular weight is 241 g/mol. The van der Waals surface area contributed by atoms with Gasteiger partial charge in [0.05, 0.1) is 6.04 Å². The third-order valence-electron chi connectivity index (χ3n) is 3.77. The van der Waals surface area contributed by atoms with Crippen LogP contribution in [0.5, 0.6) is 0 Å². The van der Waals surface area contributed by atoms with Gasteiger partial charge < -0.3 is 9.88 Å². The fourth-order valence-corrected chi connectivity index (χ4v) is 2.70. The highest BCUT2D eigenvalue weighted by Crippen LogP contribution is 2.41. The first-order valence-corrected chi connectivity index (χ1v) is 6.50. The SMILES string of the molecule is c1cncc(-c2nnc3n2CCNC3C2CC2)c1. The molecular weight excluding hydrogens is 226 g/mol. The molecule has 1 aliphatic carbocycles. The Hall–Kier alpha value is -1.75. The van der Waals surface area contributed by atoms with Crippen molar-refractivity contribution in [2.45, 2.75) is 25.4 Å². The Bertz CT molecular complexity index is 558. The Morgan fingerprint density at radius 2 is 2.22 bits per heavy atom. The third kappa shape index (κ3) is 1.54. The van der Waals surface area contributed by atoms with Crippen molar-refractivity contribution in [3.63, 3.8) is 0 Å². The summed E-state index contributed by atoms with van der Waals surface area (Å²) in [6.07, 6.45) is 6.26. The molecule has 1 unspecified atom stereocenters. The zero-order chi connectivity index (χ0) is 11.9. The Morgan fingerprint density at radius 3 is 3.00 bits per heavy atom. The first-order chi connectivity index (χ1) is 8.93. The van der Waals surface area contributed by atoms with Gasteiger partial charge in [0.25, 0.3) is 0 Å². The largest absolute Gasteiger partial charge is 0.308 e. The van der Waals surface area contributed by atoms with Crippen LogP contribution in [0, 0.1) is 5.92 Å². The third-order valence-corrected chi connectivity index (χ3v) is 3.77. The van der Waals surface area contributed by atoms with Gasteiger partial charge in [0.2, 0.25) is 0 Å². The van der Waals surface area contributed by atoms with Crippen LogP contribution in [0.3, 0.4) is 0 Å². The van der Waals surface area contributed by atoms with Crippen molar-refractivity contribution in [3.05, 3.63) is 30.4 Å². The van der Waals surface area contributed by atoms with Gasteiger partial charge in [-0.05, 0) is 30.9 Å². The quantitative estimate of drug-likeness (QED) is 0.863. The zero-order valence-corrected chi connectivity index (χ0v) is 10.1. The van der Waals surface area contributed by atoms with E-state index in [0.717, 1.165) is 36.2 Å². The lowest BCUT2D eigenvalue weighted by Crippen LogP contribution is -2.35. The van der Waals surface area contributed by atoms with Gasteiger partial charge in [-0.15, -0.1) is 10.2 Å². The maximum absolute atomic E-state index is 4.40. The zero-order valence-electron chi connectivity index (χ0n) is 10.1. The van der Waals surface area contributed by atoms with E-state index < -0.39 is 0 Å². The Morgan fingerprint density at radius 1 is 1.28 bits per heavy atom. The molecule has 5 heteroatoms. The first kappa shape index (κ1) is 10.2. The summed E-state index contributed by atoms with van der Waals surface area (Å²) in [5, 5.41) is 12.3. The normalized spacial score (nSPS) is 22.8. The van der Waals surface area contributed by atoms with E-state index in [1.165, 1.54) is 12.8 Å². The molecule has 2 aromatic heterocycles. The van der Waals surface area contributed by atoms with Crippen molar-refractivity contribution in [3.8, 4) is 11.4 Å². The standard InChI is InChI=1S/C13H15N5/c1-2-10(8-14-5-1)12-16-17-13-11(9-3-4-9)15-6-7-18(12)13/h1-2,5,8-9,11,15H,3-4,6-7H2. The van der Waals surface area contributed by atoms with Gasteiger partial charge in [0, 0.05) is 31.0 Å². The molecule has 4 rings (SSSR count). The van der Waals surface area contributed by atoms with Gasteiger partial charge in [-0.3, -0.25) is 4.98 Å². The van der Waals surface area contributed by atoms with Crippen LogP contribution in [0.25, 0.3) is 11.4 Å². The highest BCUT2D eigenvalue weighted by atomic mass is 15.3. The predicted octanol–water partition coefficient (Wildman–Crippen LogP) is 1.39. The van der Waals surface area contributed by atoms with Gasteiger partial charge >= 0.3 is 0 Å². The lowest BCUT2D eigenvalue weighted by Gasteiger charge is -2.24. The summed E-state index contributed by atoms with van der Waals surface area (Å²) in [6.45, 7) is 1.94. The average Bonchev–Trinajstić information content (AvgIpc) is 3.18. The highest BCUT2D eigenvalue weighted by Gasteiger charge is 2.37. The Kier molecular flexibility index (Phi) is 2.20. The van der Waals surface area contributed by atoms with Crippen molar-refractivity contribution in [1.82, 2.24) is 25.1 Å². The molecule has 2 aliphatic rings. The van der Waals surface area contributed by atoms with E-state index in [4.69, 9.17) is 0 Å². The maximum Gasteiger partial charge on any atom is 0.165 e. The summed E-state index contributed by atoms with van der Waals surface area (Å²) in [4.78, 5) is 4.16. The first-order valence-electron chi connectivity index (χ1n) is 6.50. The van der Waals surface area contributed by atoms with Crippen LogP contribution >= 0.6 is 0 Å². The number of rotatable bonds is 2. The van der Waals surface area contributed by atoms with Gasteiger partial charge in [-0.1, -0.05) is 0 Å². The van der Waals surface area contributed by atoms with E-state index in [9.17, 15) is 0 Å². The van der Waals surface area contributed by atoms with Crippen LogP contribution in [0.15, 0.2) is 24.5 Å². The fraction of sp³-hybridized carbons (Fsp3) is 0.462. The maximum atomic E-state index is 4.40. The van der Waals surface area contributed by atoms with Crippen LogP contribution in [0.2, 0.25) is 0 Å². The van der Waals surface area contributed by atoms with E-state index >= 15 is 0 Å². The molecule has 5 nitrogen and oxygen atoms in total. The molecule has 1 atom stereocenters. The van der Waals surface area contributed by atoms with Crippen molar-refractivity contribution >= 4 is 0 Å². The molecule has 0 bridgehead atoms. The molecule has 18 heavy (non-hydrogen) atoms. The summed E-state index contributed by atoms with van der Waals surface area (Å²) >= 11 is 0. The number of nitrogens with zero attached hydrogens (tertiary/aromatic N) is 4. The molecule has 92 valence electrons. The van der Waals surface area contributed by atoms with Crippen molar-refractivity contribution in [1.29, 1.82) is 0 Å². The summed E-state index contributed by atoms with van der Waals surface area (Å²) in [7, 11) is 0. The molecule has 3 heterocycles. The second-order valence-electron chi connectivity index (χ2n) is 5.04. The van der Waals surface area contributed by atoms with E-state index in [0.29, 0.717) is 6.04 Å². The van der Waals surface area contributed by atoms with Crippen LogP contribution in [-0.4, -0.2) is 26.3 Å². The van der Waals surface area contributed by atoms with Gasteiger partial charge in [0.15, 0.2) is 11.6 Å². The van der Waals surface area contributed by atoms with Gasteiger partial charge in [-0.25, -0.2) is 0 Å². The molecule has 2 aromatic rings. The second kappa shape index (κ2) is 3.88. The van der Waals surface area contributed by atoms with E-state index in [2.05, 4.69) is 25.1 Å². The number of aromatic nitrogens is 4. The van der Waals surface area contributed by atoms with Gasteiger partial charge in [-0.2, -0.15) is 0 Å². The molecule has 1 saturated carbocycles. The topological polar surface area (TPSA) is 55.6 Å². The number of hydrogen-bond acceptors (Lipinski definition) is 4. The molecular formula is C13H15N5. The van der Waals surface area contributed by atoms with Crippen molar-refractivity contribution < 1.29 is 0 Å². The lowest BCUT2D eigenvalue weighted by atomic mass is 10.1. The minimum atomic E-state index is 0.400. The molecule has 0 radical (unpaired) electrons. The monoisotopic (exact) mass is 241 g/mol. The van der Waals surface area contributed by atoms with Crippen LogP contribution in [-0.2, 0) is 6.54 Å². The number of fused-ring (bicyclic) bond motifs is 1. The van der Waals surface area contributed by atoms with E-state index in [1.807, 2.05) is 18.3 Å². The summed E-state index contributed by atoms with van der Waals surface area (Å²) in [5.41, 5.74) is 1.05. The Labute approximate surface area is 105 Å². The van der Waals surface area contributed by atoms with E-state index in [-0.39, 0.29) is 0 Å². The lowest BCUT2D eigenvalue weighted by molar-refractivity contribution is 0.383. The Balaban J connectivity index is 1.78. The number of nitrogens with one attached hydrogen (secondary N) is 1. The van der Waals surface area contributed by atoms with Crippen molar-refractivity contribution in [2.24, 2.45) is 5.92 Å². The molecule has 0 spiro atoms. The molecule has 1 aliphatic heterocycles. The van der Waals surface area contributed by atoms with Crippen LogP contribution in [0.4, 0.5) is 0 Å². The summed E-state index contributed by atoms with van der Waals surface area (Å²) < 4.78 is 2.25. The molecule has 0 aromatic carbocycles. The molecule has 1 N–H and O–H groups in total. The molecule has 0 amide bonds. The highest BCUT2D eigenvalue weighted by molar-refractivity contribution is 5.53. The second-order valence-corrected chi connectivity index (χ2v) is 5.04. The summed E-state index contributed by atoms with van der Waals surface area (Å²) in [6, 6.07) is 4.38. The number of pyridine rings is 1. The van der Waals surface area contributed by atoms with Gasteiger partial charge in [0.1, 0.15) is 0 Å².